The van der Waals surface area contributed by atoms with Crippen LogP contribution < -0.4 is 5.32 Å². The van der Waals surface area contributed by atoms with Gasteiger partial charge in [-0.15, -0.1) is 24.0 Å². The Bertz CT molecular complexity index is 657. The predicted molar refractivity (Wildman–Crippen MR) is 143 cm³/mol. The number of guanidine groups is 1. The molecule has 182 valence electrons. The first-order valence-electron chi connectivity index (χ1n) is 12.2. The van der Waals surface area contributed by atoms with E-state index >= 15 is 0 Å². The van der Waals surface area contributed by atoms with Gasteiger partial charge in [0.2, 0.25) is 0 Å². The van der Waals surface area contributed by atoms with Crippen LogP contribution in [0.1, 0.15) is 56.1 Å². The molecular weight excluding hydrogens is 515 g/mol. The third-order valence-electron chi connectivity index (χ3n) is 6.45. The Hall–Kier alpha value is -0.900. The zero-order valence-electron chi connectivity index (χ0n) is 20.1. The summed E-state index contributed by atoms with van der Waals surface area (Å²) in [5.41, 5.74) is 2.82. The van der Waals surface area contributed by atoms with Crippen molar-refractivity contribution in [3.63, 3.8) is 0 Å². The number of methoxy groups -OCH3 is 1. The Labute approximate surface area is 212 Å². The number of nitrogens with zero attached hydrogens (tertiary/aromatic N) is 3. The second-order valence-electron chi connectivity index (χ2n) is 8.76. The van der Waals surface area contributed by atoms with Gasteiger partial charge in [-0.05, 0) is 56.3 Å². The molecule has 3 rings (SSSR count). The highest BCUT2D eigenvalue weighted by atomic mass is 127. The van der Waals surface area contributed by atoms with E-state index in [2.05, 4.69) is 44.4 Å². The lowest BCUT2D eigenvalue weighted by Gasteiger charge is -2.34. The second kappa shape index (κ2) is 15.9. The van der Waals surface area contributed by atoms with Gasteiger partial charge in [-0.3, -0.25) is 9.89 Å². The van der Waals surface area contributed by atoms with E-state index < -0.39 is 0 Å². The molecule has 0 spiro atoms. The third kappa shape index (κ3) is 9.15. The van der Waals surface area contributed by atoms with Crippen LogP contribution in [0.25, 0.3) is 0 Å². The quantitative estimate of drug-likeness (QED) is 0.212. The van der Waals surface area contributed by atoms with Crippen LogP contribution in [0.15, 0.2) is 29.3 Å². The van der Waals surface area contributed by atoms with Crippen molar-refractivity contribution in [1.82, 2.24) is 15.1 Å². The summed E-state index contributed by atoms with van der Waals surface area (Å²) in [5, 5.41) is 3.62. The zero-order valence-corrected chi connectivity index (χ0v) is 22.4. The number of nitrogens with one attached hydrogen (secondary N) is 1. The van der Waals surface area contributed by atoms with Crippen molar-refractivity contribution in [3.05, 3.63) is 35.4 Å². The normalized spacial score (nSPS) is 18.8. The predicted octanol–water partition coefficient (Wildman–Crippen LogP) is 4.27. The number of halogens is 1. The van der Waals surface area contributed by atoms with Gasteiger partial charge in [0.1, 0.15) is 0 Å². The molecule has 1 N–H and O–H groups in total. The van der Waals surface area contributed by atoms with E-state index in [0.717, 1.165) is 64.6 Å². The van der Waals surface area contributed by atoms with E-state index in [9.17, 15) is 0 Å². The number of ether oxygens (including phenoxy) is 2. The minimum absolute atomic E-state index is 0. The van der Waals surface area contributed by atoms with Crippen molar-refractivity contribution < 1.29 is 9.47 Å². The number of aliphatic imine (C=N–C) groups is 1. The lowest BCUT2D eigenvalue weighted by atomic mass is 10.1. The summed E-state index contributed by atoms with van der Waals surface area (Å²) in [7, 11) is 3.63. The molecule has 2 heterocycles. The van der Waals surface area contributed by atoms with E-state index in [1.165, 1.54) is 49.9 Å². The average molecular weight is 559 g/mol. The number of benzene rings is 1. The van der Waals surface area contributed by atoms with E-state index in [1.54, 1.807) is 7.11 Å². The highest BCUT2D eigenvalue weighted by molar-refractivity contribution is 14.0. The van der Waals surface area contributed by atoms with Gasteiger partial charge in [-0.1, -0.05) is 37.1 Å². The molecule has 0 unspecified atom stereocenters. The summed E-state index contributed by atoms with van der Waals surface area (Å²) in [4.78, 5) is 9.55. The van der Waals surface area contributed by atoms with Crippen LogP contribution >= 0.6 is 24.0 Å². The second-order valence-corrected chi connectivity index (χ2v) is 8.76. The Balaban J connectivity index is 0.00000363. The number of hydrogen-bond donors (Lipinski definition) is 1. The summed E-state index contributed by atoms with van der Waals surface area (Å²) in [6.45, 7) is 7.88. The summed E-state index contributed by atoms with van der Waals surface area (Å²) in [6, 6.07) is 8.87. The maximum absolute atomic E-state index is 6.00. The standard InChI is InChI=1S/C25H42N4O2.HI/c1-26-25(29-16-12-24(13-17-29)31-19-9-18-30-2)27-20-22-10-5-6-11-23(22)21-28-14-7-3-4-8-15-28;/h5-6,10-11,24H,3-4,7-9,12-21H2,1-2H3,(H,26,27);1H. The maximum Gasteiger partial charge on any atom is 0.193 e. The highest BCUT2D eigenvalue weighted by Crippen LogP contribution is 2.17. The van der Waals surface area contributed by atoms with Crippen molar-refractivity contribution in [2.45, 2.75) is 64.1 Å². The molecule has 1 aromatic carbocycles. The average Bonchev–Trinajstić information content (AvgIpc) is 3.08. The maximum atomic E-state index is 6.00. The van der Waals surface area contributed by atoms with Gasteiger partial charge in [-0.25, -0.2) is 0 Å². The molecule has 0 bridgehead atoms. The molecule has 1 aromatic rings. The summed E-state index contributed by atoms with van der Waals surface area (Å²) >= 11 is 0. The summed E-state index contributed by atoms with van der Waals surface area (Å²) < 4.78 is 11.1. The fraction of sp³-hybridized carbons (Fsp3) is 0.720. The topological polar surface area (TPSA) is 49.3 Å². The lowest BCUT2D eigenvalue weighted by Crippen LogP contribution is -2.46. The van der Waals surface area contributed by atoms with Gasteiger partial charge in [0.15, 0.2) is 5.96 Å². The minimum Gasteiger partial charge on any atom is -0.385 e. The smallest absolute Gasteiger partial charge is 0.193 e. The molecule has 2 saturated heterocycles. The summed E-state index contributed by atoms with van der Waals surface area (Å²) in [6.07, 6.45) is 8.86. The molecule has 0 atom stereocenters. The Kier molecular flexibility index (Phi) is 13.5. The zero-order chi connectivity index (χ0) is 21.7. The van der Waals surface area contributed by atoms with Gasteiger partial charge in [-0.2, -0.15) is 0 Å². The van der Waals surface area contributed by atoms with Crippen LogP contribution in [-0.4, -0.2) is 75.4 Å². The van der Waals surface area contributed by atoms with Gasteiger partial charge in [0.25, 0.3) is 0 Å². The van der Waals surface area contributed by atoms with Crippen LogP contribution in [0.5, 0.6) is 0 Å². The van der Waals surface area contributed by atoms with Gasteiger partial charge >= 0.3 is 0 Å². The molecule has 2 aliphatic rings. The monoisotopic (exact) mass is 558 g/mol. The Morgan fingerprint density at radius 2 is 1.69 bits per heavy atom. The lowest BCUT2D eigenvalue weighted by molar-refractivity contribution is 0.00989. The molecule has 32 heavy (non-hydrogen) atoms. The van der Waals surface area contributed by atoms with Gasteiger partial charge in [0, 0.05) is 53.6 Å². The third-order valence-corrected chi connectivity index (χ3v) is 6.45. The Morgan fingerprint density at radius 3 is 2.34 bits per heavy atom. The highest BCUT2D eigenvalue weighted by Gasteiger charge is 2.22. The van der Waals surface area contributed by atoms with Crippen molar-refractivity contribution >= 4 is 29.9 Å². The molecule has 7 heteroatoms. The van der Waals surface area contributed by atoms with E-state index in [-0.39, 0.29) is 24.0 Å². The van der Waals surface area contributed by atoms with Crippen LogP contribution in [0.2, 0.25) is 0 Å². The number of piperidine rings is 1. The number of rotatable bonds is 9. The summed E-state index contributed by atoms with van der Waals surface area (Å²) in [5.74, 6) is 1.00. The largest absolute Gasteiger partial charge is 0.385 e. The first kappa shape index (κ1) is 27.3. The fourth-order valence-electron chi connectivity index (χ4n) is 4.61. The van der Waals surface area contributed by atoms with E-state index in [1.807, 2.05) is 7.05 Å². The fourth-order valence-corrected chi connectivity index (χ4v) is 4.61. The molecule has 2 aliphatic heterocycles. The van der Waals surface area contributed by atoms with Crippen molar-refractivity contribution in [1.29, 1.82) is 0 Å². The van der Waals surface area contributed by atoms with Crippen LogP contribution in [-0.2, 0) is 22.6 Å². The van der Waals surface area contributed by atoms with Crippen LogP contribution in [0, 0.1) is 0 Å². The van der Waals surface area contributed by atoms with E-state index in [0.29, 0.717) is 6.10 Å². The van der Waals surface area contributed by atoms with Gasteiger partial charge in [0.05, 0.1) is 6.10 Å². The van der Waals surface area contributed by atoms with Crippen molar-refractivity contribution in [2.75, 3.05) is 53.6 Å². The van der Waals surface area contributed by atoms with E-state index in [4.69, 9.17) is 9.47 Å². The molecule has 0 saturated carbocycles. The van der Waals surface area contributed by atoms with Gasteiger partial charge < -0.3 is 19.7 Å². The van der Waals surface area contributed by atoms with Crippen LogP contribution in [0.3, 0.4) is 0 Å². The first-order valence-corrected chi connectivity index (χ1v) is 12.2. The van der Waals surface area contributed by atoms with Crippen LogP contribution in [0.4, 0.5) is 0 Å². The molecule has 0 aromatic heterocycles. The number of hydrogen-bond acceptors (Lipinski definition) is 4. The molecule has 6 nitrogen and oxygen atoms in total. The minimum atomic E-state index is 0. The van der Waals surface area contributed by atoms with Crippen molar-refractivity contribution in [3.8, 4) is 0 Å². The Morgan fingerprint density at radius 1 is 1.00 bits per heavy atom. The molecular formula is C25H43IN4O2. The molecule has 0 aliphatic carbocycles. The van der Waals surface area contributed by atoms with Crippen molar-refractivity contribution in [2.24, 2.45) is 4.99 Å². The molecule has 2 fully saturated rings. The molecule has 0 amide bonds. The first-order chi connectivity index (χ1) is 15.3. The molecule has 0 radical (unpaired) electrons. The SMILES string of the molecule is CN=C(NCc1ccccc1CN1CCCCCC1)N1CCC(OCCCOC)CC1.I. The number of likely N-dealkylation sites (tertiary alicyclic amines) is 2.